The number of unbranched alkanes of at least 4 members (excludes halogenated alkanes) is 5. The second-order valence-electron chi connectivity index (χ2n) is 5.80. The highest BCUT2D eigenvalue weighted by molar-refractivity contribution is 5.92. The van der Waals surface area contributed by atoms with Gasteiger partial charge in [-0.2, -0.15) is 0 Å². The molecule has 0 saturated heterocycles. The second-order valence-corrected chi connectivity index (χ2v) is 5.80. The minimum atomic E-state index is -0.718. The summed E-state index contributed by atoms with van der Waals surface area (Å²) in [6.45, 7) is 2.03. The fourth-order valence-electron chi connectivity index (χ4n) is 2.34. The van der Waals surface area contributed by atoms with Crippen molar-refractivity contribution in [2.24, 2.45) is 0 Å². The Bertz CT molecular complexity index is 468. The molecule has 0 atom stereocenters. The fourth-order valence-corrected chi connectivity index (χ4v) is 2.34. The molecule has 1 amide bonds. The Morgan fingerprint density at radius 1 is 0.909 bits per heavy atom. The number of hydrogen-bond acceptors (Lipinski definition) is 2. The van der Waals surface area contributed by atoms with Gasteiger partial charge in [-0.1, -0.05) is 43.4 Å². The summed E-state index contributed by atoms with van der Waals surface area (Å²) in [6.07, 6.45) is 6.60. The summed E-state index contributed by atoms with van der Waals surface area (Å²) >= 11 is 0. The molecule has 0 bridgehead atoms. The molecule has 122 valence electrons. The molecule has 0 fully saturated rings. The molecule has 0 spiro atoms. The quantitative estimate of drug-likeness (QED) is 0.660. The lowest BCUT2D eigenvalue weighted by Gasteiger charge is -2.17. The van der Waals surface area contributed by atoms with Crippen LogP contribution in [-0.2, 0) is 9.59 Å². The van der Waals surface area contributed by atoms with E-state index >= 15 is 0 Å². The SMILES string of the molecule is Cc1ccc(N(C)C(=O)CCCCCCCCC(=O)O)cc1. The minimum absolute atomic E-state index is 0.148. The molecule has 0 aromatic heterocycles. The molecule has 0 heterocycles. The van der Waals surface area contributed by atoms with E-state index in [0.717, 1.165) is 44.2 Å². The summed E-state index contributed by atoms with van der Waals surface area (Å²) in [6, 6.07) is 7.96. The van der Waals surface area contributed by atoms with Crippen molar-refractivity contribution < 1.29 is 14.7 Å². The van der Waals surface area contributed by atoms with Crippen molar-refractivity contribution in [2.75, 3.05) is 11.9 Å². The number of carbonyl (C=O) groups excluding carboxylic acids is 1. The fraction of sp³-hybridized carbons (Fsp3) is 0.556. The van der Waals surface area contributed by atoms with Crippen LogP contribution < -0.4 is 4.90 Å². The number of amides is 1. The molecule has 4 heteroatoms. The molecule has 1 aromatic carbocycles. The van der Waals surface area contributed by atoms with Crippen molar-refractivity contribution in [3.05, 3.63) is 29.8 Å². The third-order valence-electron chi connectivity index (χ3n) is 3.83. The average molecular weight is 305 g/mol. The van der Waals surface area contributed by atoms with Crippen LogP contribution in [0.1, 0.15) is 56.9 Å². The van der Waals surface area contributed by atoms with Crippen LogP contribution in [-0.4, -0.2) is 24.0 Å². The summed E-state index contributed by atoms with van der Waals surface area (Å²) < 4.78 is 0. The maximum Gasteiger partial charge on any atom is 0.303 e. The van der Waals surface area contributed by atoms with Crippen LogP contribution in [0.25, 0.3) is 0 Å². The molecular formula is C18H27NO3. The molecule has 0 radical (unpaired) electrons. The van der Waals surface area contributed by atoms with Gasteiger partial charge in [0.25, 0.3) is 0 Å². The van der Waals surface area contributed by atoms with E-state index in [-0.39, 0.29) is 12.3 Å². The smallest absolute Gasteiger partial charge is 0.303 e. The van der Waals surface area contributed by atoms with Gasteiger partial charge in [-0.05, 0) is 31.9 Å². The van der Waals surface area contributed by atoms with Crippen LogP contribution in [0, 0.1) is 6.92 Å². The van der Waals surface area contributed by atoms with Crippen LogP contribution in [0.15, 0.2) is 24.3 Å². The average Bonchev–Trinajstić information content (AvgIpc) is 2.49. The topological polar surface area (TPSA) is 57.6 Å². The molecule has 0 saturated carbocycles. The maximum atomic E-state index is 12.1. The molecule has 1 rings (SSSR count). The Labute approximate surface area is 133 Å². The number of benzene rings is 1. The summed E-state index contributed by atoms with van der Waals surface area (Å²) in [5.41, 5.74) is 2.12. The Balaban J connectivity index is 2.12. The lowest BCUT2D eigenvalue weighted by Crippen LogP contribution is -2.25. The van der Waals surface area contributed by atoms with Gasteiger partial charge in [0.1, 0.15) is 0 Å². The molecular weight excluding hydrogens is 278 g/mol. The molecule has 0 aliphatic heterocycles. The van der Waals surface area contributed by atoms with Gasteiger partial charge in [0.2, 0.25) is 5.91 Å². The van der Waals surface area contributed by atoms with Crippen LogP contribution in [0.4, 0.5) is 5.69 Å². The Morgan fingerprint density at radius 3 is 1.95 bits per heavy atom. The number of anilines is 1. The van der Waals surface area contributed by atoms with Gasteiger partial charge >= 0.3 is 5.97 Å². The predicted octanol–water partition coefficient (Wildman–Crippen LogP) is 4.16. The number of carboxylic acid groups (broad SMARTS) is 1. The van der Waals surface area contributed by atoms with Crippen molar-refractivity contribution in [1.29, 1.82) is 0 Å². The van der Waals surface area contributed by atoms with E-state index in [9.17, 15) is 9.59 Å². The first kappa shape index (κ1) is 18.2. The molecule has 1 aromatic rings. The number of rotatable bonds is 10. The Hall–Kier alpha value is -1.84. The minimum Gasteiger partial charge on any atom is -0.481 e. The van der Waals surface area contributed by atoms with Gasteiger partial charge < -0.3 is 10.0 Å². The number of carbonyl (C=O) groups is 2. The van der Waals surface area contributed by atoms with Crippen molar-refractivity contribution in [3.63, 3.8) is 0 Å². The van der Waals surface area contributed by atoms with Crippen molar-refractivity contribution in [2.45, 2.75) is 58.3 Å². The van der Waals surface area contributed by atoms with Gasteiger partial charge in [-0.25, -0.2) is 0 Å². The number of carboxylic acids is 1. The monoisotopic (exact) mass is 305 g/mol. The maximum absolute atomic E-state index is 12.1. The molecule has 22 heavy (non-hydrogen) atoms. The first-order valence-corrected chi connectivity index (χ1v) is 8.05. The molecule has 4 nitrogen and oxygen atoms in total. The van der Waals surface area contributed by atoms with Crippen LogP contribution in [0.5, 0.6) is 0 Å². The number of aryl methyl sites for hydroxylation is 1. The van der Waals surface area contributed by atoms with E-state index in [0.29, 0.717) is 6.42 Å². The normalized spacial score (nSPS) is 10.5. The van der Waals surface area contributed by atoms with E-state index in [1.54, 1.807) is 4.90 Å². The summed E-state index contributed by atoms with van der Waals surface area (Å²) in [7, 11) is 1.82. The van der Waals surface area contributed by atoms with Gasteiger partial charge in [0.05, 0.1) is 0 Å². The van der Waals surface area contributed by atoms with E-state index in [1.165, 1.54) is 5.56 Å². The highest BCUT2D eigenvalue weighted by Crippen LogP contribution is 2.16. The van der Waals surface area contributed by atoms with E-state index < -0.39 is 5.97 Å². The largest absolute Gasteiger partial charge is 0.481 e. The Kier molecular flexibility index (Phi) is 8.26. The highest BCUT2D eigenvalue weighted by atomic mass is 16.4. The van der Waals surface area contributed by atoms with Crippen molar-refractivity contribution >= 4 is 17.6 Å². The number of aliphatic carboxylic acids is 1. The van der Waals surface area contributed by atoms with Crippen molar-refractivity contribution in [3.8, 4) is 0 Å². The lowest BCUT2D eigenvalue weighted by atomic mass is 10.1. The first-order valence-electron chi connectivity index (χ1n) is 8.05. The summed E-state index contributed by atoms with van der Waals surface area (Å²) in [5, 5.41) is 8.53. The summed E-state index contributed by atoms with van der Waals surface area (Å²) in [5.74, 6) is -0.570. The van der Waals surface area contributed by atoms with Gasteiger partial charge in [0.15, 0.2) is 0 Å². The zero-order valence-corrected chi connectivity index (χ0v) is 13.7. The van der Waals surface area contributed by atoms with E-state index in [2.05, 4.69) is 0 Å². The van der Waals surface area contributed by atoms with Crippen LogP contribution >= 0.6 is 0 Å². The second kappa shape index (κ2) is 9.98. The zero-order chi connectivity index (χ0) is 16.4. The number of nitrogens with zero attached hydrogens (tertiary/aromatic N) is 1. The van der Waals surface area contributed by atoms with Crippen LogP contribution in [0.2, 0.25) is 0 Å². The Morgan fingerprint density at radius 2 is 1.41 bits per heavy atom. The zero-order valence-electron chi connectivity index (χ0n) is 13.7. The van der Waals surface area contributed by atoms with E-state index in [1.807, 2.05) is 38.2 Å². The standard InChI is InChI=1S/C18H27NO3/c1-15-11-13-16(14-12-15)19(2)17(20)9-7-5-3-4-6-8-10-18(21)22/h11-14H,3-10H2,1-2H3,(H,21,22). The lowest BCUT2D eigenvalue weighted by molar-refractivity contribution is -0.137. The molecule has 0 unspecified atom stereocenters. The third-order valence-corrected chi connectivity index (χ3v) is 3.83. The molecule has 1 N–H and O–H groups in total. The number of hydrogen-bond donors (Lipinski definition) is 1. The van der Waals surface area contributed by atoms with Gasteiger partial charge in [-0.15, -0.1) is 0 Å². The van der Waals surface area contributed by atoms with Gasteiger partial charge in [0, 0.05) is 25.6 Å². The third kappa shape index (κ3) is 7.25. The molecule has 0 aliphatic rings. The van der Waals surface area contributed by atoms with Gasteiger partial charge in [-0.3, -0.25) is 9.59 Å². The van der Waals surface area contributed by atoms with E-state index in [4.69, 9.17) is 5.11 Å². The van der Waals surface area contributed by atoms with Crippen LogP contribution in [0.3, 0.4) is 0 Å². The highest BCUT2D eigenvalue weighted by Gasteiger charge is 2.09. The molecule has 0 aliphatic carbocycles. The summed E-state index contributed by atoms with van der Waals surface area (Å²) in [4.78, 5) is 24.2. The van der Waals surface area contributed by atoms with Crippen molar-refractivity contribution in [1.82, 2.24) is 0 Å². The first-order chi connectivity index (χ1) is 10.5. The predicted molar refractivity (Wildman–Crippen MR) is 89.2 cm³/mol.